The fourth-order valence-electron chi connectivity index (χ4n) is 2.13. The van der Waals surface area contributed by atoms with Crippen LogP contribution in [0.25, 0.3) is 0 Å². The van der Waals surface area contributed by atoms with E-state index in [1.165, 1.54) is 11.1 Å². The first kappa shape index (κ1) is 13.6. The minimum Gasteiger partial charge on any atom is -0.402 e. The molecule has 0 aromatic heterocycles. The molecule has 1 aliphatic heterocycles. The van der Waals surface area contributed by atoms with Crippen LogP contribution in [0.15, 0.2) is 35.6 Å². The molecule has 0 spiro atoms. The second-order valence-electron chi connectivity index (χ2n) is 4.95. The molecule has 1 rings (SSSR count). The van der Waals surface area contributed by atoms with Gasteiger partial charge in [-0.25, -0.2) is 0 Å². The zero-order chi connectivity index (χ0) is 13.2. The van der Waals surface area contributed by atoms with Gasteiger partial charge in [0.2, 0.25) is 5.91 Å². The molecule has 0 bridgehead atoms. The van der Waals surface area contributed by atoms with Crippen LogP contribution in [0.2, 0.25) is 0 Å². The molecule has 0 aromatic carbocycles. The first-order valence-corrected chi connectivity index (χ1v) is 5.88. The molecule has 17 heavy (non-hydrogen) atoms. The van der Waals surface area contributed by atoms with Gasteiger partial charge in [-0.1, -0.05) is 18.7 Å². The smallest absolute Gasteiger partial charge is 0.220 e. The summed E-state index contributed by atoms with van der Waals surface area (Å²) in [6.07, 6.45) is 0.412. The van der Waals surface area contributed by atoms with Crippen LogP contribution in [0.3, 0.4) is 0 Å². The predicted molar refractivity (Wildman–Crippen MR) is 71.1 cm³/mol. The Morgan fingerprint density at radius 3 is 2.35 bits per heavy atom. The number of carbonyl (C=O) groups is 1. The lowest BCUT2D eigenvalue weighted by atomic mass is 9.77. The number of piperidine rings is 1. The molecule has 0 saturated carbocycles. The molecule has 1 heterocycles. The lowest BCUT2D eigenvalue weighted by Crippen LogP contribution is -2.43. The van der Waals surface area contributed by atoms with E-state index in [-0.39, 0.29) is 17.7 Å². The van der Waals surface area contributed by atoms with E-state index in [0.29, 0.717) is 18.7 Å². The van der Waals surface area contributed by atoms with Gasteiger partial charge >= 0.3 is 0 Å². The number of hydrogen-bond donors (Lipinski definition) is 2. The molecule has 0 unspecified atom stereocenters. The normalized spacial score (nSPS) is 23.8. The van der Waals surface area contributed by atoms with Crippen molar-refractivity contribution in [2.45, 2.75) is 27.2 Å². The van der Waals surface area contributed by atoms with E-state index in [9.17, 15) is 4.79 Å². The highest BCUT2D eigenvalue weighted by atomic mass is 16.1. The topological polar surface area (TPSA) is 55.1 Å². The average molecular weight is 234 g/mol. The van der Waals surface area contributed by atoms with Crippen molar-refractivity contribution in [3.63, 3.8) is 0 Å². The number of nitrogens with two attached hydrogens (primary N) is 1. The van der Waals surface area contributed by atoms with Gasteiger partial charge in [0.05, 0.1) is 0 Å². The van der Waals surface area contributed by atoms with Crippen LogP contribution >= 0.6 is 0 Å². The summed E-state index contributed by atoms with van der Waals surface area (Å²) in [6.45, 7) is 14.7. The molecule has 1 saturated heterocycles. The van der Waals surface area contributed by atoms with Crippen molar-refractivity contribution in [3.8, 4) is 0 Å². The first-order chi connectivity index (χ1) is 7.84. The van der Waals surface area contributed by atoms with Gasteiger partial charge in [-0.05, 0) is 31.9 Å². The fraction of sp³-hybridized carbons (Fsp3) is 0.500. The summed E-state index contributed by atoms with van der Waals surface area (Å²) in [6, 6.07) is 0. The lowest BCUT2D eigenvalue weighted by molar-refractivity contribution is -0.123. The Labute approximate surface area is 103 Å². The number of amides is 1. The maximum Gasteiger partial charge on any atom is 0.220 e. The third-order valence-electron chi connectivity index (χ3n) is 3.57. The van der Waals surface area contributed by atoms with Gasteiger partial charge in [0.1, 0.15) is 0 Å². The van der Waals surface area contributed by atoms with Crippen LogP contribution in [0.4, 0.5) is 0 Å². The molecule has 0 aliphatic carbocycles. The Balaban J connectivity index is 2.95. The van der Waals surface area contributed by atoms with Crippen molar-refractivity contribution in [1.29, 1.82) is 0 Å². The summed E-state index contributed by atoms with van der Waals surface area (Å²) in [4.78, 5) is 11.4. The maximum atomic E-state index is 11.4. The number of hydrogen-bond acceptors (Lipinski definition) is 2. The van der Waals surface area contributed by atoms with E-state index in [1.807, 2.05) is 0 Å². The van der Waals surface area contributed by atoms with Crippen molar-refractivity contribution in [2.24, 2.45) is 17.6 Å². The van der Waals surface area contributed by atoms with E-state index in [0.717, 1.165) is 5.57 Å². The Kier molecular flexibility index (Phi) is 4.16. The summed E-state index contributed by atoms with van der Waals surface area (Å²) >= 11 is 0. The van der Waals surface area contributed by atoms with E-state index < -0.39 is 0 Å². The Hall–Kier alpha value is -1.51. The SMILES string of the molecule is C=C(N)[C@H]1CC(=O)NC[C@@H]1C(=C)C(C)=C(C)C. The van der Waals surface area contributed by atoms with Crippen molar-refractivity contribution in [1.82, 2.24) is 5.32 Å². The summed E-state index contributed by atoms with van der Waals surface area (Å²) in [5.41, 5.74) is 9.87. The average Bonchev–Trinajstić information content (AvgIpc) is 2.26. The largest absolute Gasteiger partial charge is 0.402 e. The molecular weight excluding hydrogens is 212 g/mol. The highest BCUT2D eigenvalue weighted by molar-refractivity contribution is 5.77. The fourth-order valence-corrected chi connectivity index (χ4v) is 2.13. The maximum absolute atomic E-state index is 11.4. The second kappa shape index (κ2) is 5.21. The monoisotopic (exact) mass is 234 g/mol. The molecule has 1 fully saturated rings. The van der Waals surface area contributed by atoms with E-state index >= 15 is 0 Å². The molecule has 3 heteroatoms. The lowest BCUT2D eigenvalue weighted by Gasteiger charge is -2.33. The van der Waals surface area contributed by atoms with Crippen molar-refractivity contribution < 1.29 is 4.79 Å². The molecular formula is C14H22N2O. The van der Waals surface area contributed by atoms with E-state index in [1.54, 1.807) is 0 Å². The number of carbonyl (C=O) groups excluding carboxylic acids is 1. The van der Waals surface area contributed by atoms with Gasteiger partial charge in [0, 0.05) is 30.5 Å². The minimum atomic E-state index is 0.00514. The third kappa shape index (κ3) is 2.99. The number of allylic oxidation sites excluding steroid dienone is 3. The predicted octanol–water partition coefficient (Wildman–Crippen LogP) is 2.12. The van der Waals surface area contributed by atoms with Crippen molar-refractivity contribution in [2.75, 3.05) is 6.54 Å². The Morgan fingerprint density at radius 2 is 1.88 bits per heavy atom. The molecule has 0 aromatic rings. The van der Waals surface area contributed by atoms with Gasteiger partial charge in [0.25, 0.3) is 0 Å². The zero-order valence-corrected chi connectivity index (χ0v) is 11.0. The molecule has 3 nitrogen and oxygen atoms in total. The van der Waals surface area contributed by atoms with Crippen LogP contribution in [0.5, 0.6) is 0 Å². The van der Waals surface area contributed by atoms with E-state index in [4.69, 9.17) is 5.73 Å². The van der Waals surface area contributed by atoms with Gasteiger partial charge in [0.15, 0.2) is 0 Å². The highest BCUT2D eigenvalue weighted by Gasteiger charge is 2.32. The van der Waals surface area contributed by atoms with Crippen LogP contribution in [-0.4, -0.2) is 12.5 Å². The van der Waals surface area contributed by atoms with Crippen LogP contribution in [-0.2, 0) is 4.79 Å². The van der Waals surface area contributed by atoms with Gasteiger partial charge in [-0.2, -0.15) is 0 Å². The van der Waals surface area contributed by atoms with Crippen molar-refractivity contribution in [3.05, 3.63) is 35.6 Å². The molecule has 0 radical (unpaired) electrons. The summed E-state index contributed by atoms with van der Waals surface area (Å²) in [7, 11) is 0. The third-order valence-corrected chi connectivity index (χ3v) is 3.57. The van der Waals surface area contributed by atoms with Gasteiger partial charge < -0.3 is 11.1 Å². The summed E-state index contributed by atoms with van der Waals surface area (Å²) in [5, 5.41) is 2.87. The summed E-state index contributed by atoms with van der Waals surface area (Å²) in [5.74, 6) is 0.214. The van der Waals surface area contributed by atoms with Crippen LogP contribution in [0.1, 0.15) is 27.2 Å². The van der Waals surface area contributed by atoms with Gasteiger partial charge in [-0.3, -0.25) is 4.79 Å². The molecule has 94 valence electrons. The highest BCUT2D eigenvalue weighted by Crippen LogP contribution is 2.33. The first-order valence-electron chi connectivity index (χ1n) is 5.88. The van der Waals surface area contributed by atoms with Crippen molar-refractivity contribution >= 4 is 5.91 Å². The zero-order valence-electron chi connectivity index (χ0n) is 11.0. The molecule has 2 atom stereocenters. The Morgan fingerprint density at radius 1 is 1.29 bits per heavy atom. The van der Waals surface area contributed by atoms with Crippen LogP contribution in [0, 0.1) is 11.8 Å². The second-order valence-corrected chi connectivity index (χ2v) is 4.95. The molecule has 1 aliphatic rings. The van der Waals surface area contributed by atoms with Gasteiger partial charge in [-0.15, -0.1) is 0 Å². The minimum absolute atomic E-state index is 0.00514. The molecule has 3 N–H and O–H groups in total. The van der Waals surface area contributed by atoms with Crippen LogP contribution < -0.4 is 11.1 Å². The molecule has 1 amide bonds. The van der Waals surface area contributed by atoms with E-state index in [2.05, 4.69) is 39.2 Å². The Bertz CT molecular complexity index is 389. The number of nitrogens with one attached hydrogen (secondary N) is 1. The quantitative estimate of drug-likeness (QED) is 0.735. The number of rotatable bonds is 3. The summed E-state index contributed by atoms with van der Waals surface area (Å²) < 4.78 is 0. The standard InChI is InChI=1S/C14H22N2O/c1-8(2)9(3)10(4)13-7-16-14(17)6-12(13)11(5)15/h12-13H,4-7,15H2,1-3H3,(H,16,17)/t12-,13-/m1/s1.